The molecular weight excluding hydrogens is 333 g/mol. The lowest BCUT2D eigenvalue weighted by Gasteiger charge is -2.27. The van der Waals surface area contributed by atoms with E-state index in [1.807, 2.05) is 42.3 Å². The Bertz CT molecular complexity index is 643. The van der Waals surface area contributed by atoms with Gasteiger partial charge in [-0.05, 0) is 56.6 Å². The molecule has 126 valence electrons. The first-order valence-corrected chi connectivity index (χ1v) is 7.58. The Labute approximate surface area is 149 Å². The van der Waals surface area contributed by atoms with Crippen LogP contribution in [0.5, 0.6) is 0 Å². The largest absolute Gasteiger partial charge is 0.339 e. The summed E-state index contributed by atoms with van der Waals surface area (Å²) in [4.78, 5) is 18.9. The van der Waals surface area contributed by atoms with Crippen LogP contribution in [0.2, 0.25) is 0 Å². The Balaban J connectivity index is 0.00000132. The van der Waals surface area contributed by atoms with Crippen LogP contribution in [0.3, 0.4) is 0 Å². The van der Waals surface area contributed by atoms with E-state index in [0.29, 0.717) is 6.04 Å². The molecular formula is C17H23Cl2N3O. The van der Waals surface area contributed by atoms with E-state index in [0.717, 1.165) is 48.8 Å². The zero-order chi connectivity index (χ0) is 14.7. The van der Waals surface area contributed by atoms with Gasteiger partial charge in [-0.25, -0.2) is 0 Å². The van der Waals surface area contributed by atoms with Crippen LogP contribution in [0, 0.1) is 0 Å². The Morgan fingerprint density at radius 2 is 2.04 bits per heavy atom. The van der Waals surface area contributed by atoms with Gasteiger partial charge in [0.25, 0.3) is 5.91 Å². The maximum absolute atomic E-state index is 12.7. The molecule has 1 unspecified atom stereocenters. The van der Waals surface area contributed by atoms with Gasteiger partial charge in [0.05, 0.1) is 5.52 Å². The summed E-state index contributed by atoms with van der Waals surface area (Å²) in [7, 11) is 1.92. The van der Waals surface area contributed by atoms with E-state index >= 15 is 0 Å². The van der Waals surface area contributed by atoms with E-state index in [-0.39, 0.29) is 30.7 Å². The summed E-state index contributed by atoms with van der Waals surface area (Å²) >= 11 is 0. The first kappa shape index (κ1) is 19.7. The van der Waals surface area contributed by atoms with Crippen LogP contribution in [0.4, 0.5) is 0 Å². The number of nitrogens with one attached hydrogen (secondary N) is 1. The van der Waals surface area contributed by atoms with Crippen molar-refractivity contribution in [1.82, 2.24) is 15.2 Å². The molecule has 6 heteroatoms. The molecule has 0 saturated carbocycles. The van der Waals surface area contributed by atoms with Crippen molar-refractivity contribution in [1.29, 1.82) is 0 Å². The van der Waals surface area contributed by atoms with Gasteiger partial charge < -0.3 is 10.2 Å². The van der Waals surface area contributed by atoms with E-state index in [1.54, 1.807) is 6.20 Å². The molecule has 1 aromatic heterocycles. The van der Waals surface area contributed by atoms with Crippen molar-refractivity contribution in [3.63, 3.8) is 0 Å². The van der Waals surface area contributed by atoms with Crippen LogP contribution >= 0.6 is 24.8 Å². The van der Waals surface area contributed by atoms with Crippen molar-refractivity contribution >= 4 is 41.6 Å². The smallest absolute Gasteiger partial charge is 0.253 e. The zero-order valence-electron chi connectivity index (χ0n) is 13.2. The monoisotopic (exact) mass is 355 g/mol. The quantitative estimate of drug-likeness (QED) is 0.898. The average Bonchev–Trinajstić information content (AvgIpc) is 2.82. The lowest BCUT2D eigenvalue weighted by atomic mass is 10.1. The van der Waals surface area contributed by atoms with Crippen molar-refractivity contribution < 1.29 is 4.79 Å². The third-order valence-electron chi connectivity index (χ3n) is 4.26. The van der Waals surface area contributed by atoms with Gasteiger partial charge in [0.2, 0.25) is 0 Å². The number of nitrogens with zero attached hydrogens (tertiary/aromatic N) is 2. The highest BCUT2D eigenvalue weighted by Crippen LogP contribution is 2.18. The number of benzene rings is 1. The second-order valence-corrected chi connectivity index (χ2v) is 5.66. The standard InChI is InChI=1S/C17H21N3O.2ClH/c1-20(15-5-3-9-18-11-8-15)17(21)14-6-7-16-13(12-14)4-2-10-19-16;;/h2,4,6-7,10,12,15,18H,3,5,8-9,11H2,1H3;2*1H. The first-order valence-electron chi connectivity index (χ1n) is 7.58. The van der Waals surface area contributed by atoms with Crippen molar-refractivity contribution in [2.24, 2.45) is 0 Å². The molecule has 4 nitrogen and oxygen atoms in total. The average molecular weight is 356 g/mol. The SMILES string of the molecule is CN(C(=O)c1ccc2ncccc2c1)C1CCCNCC1.Cl.Cl. The molecule has 2 heterocycles. The summed E-state index contributed by atoms with van der Waals surface area (Å²) in [5, 5.41) is 4.40. The number of carbonyl (C=O) groups excluding carboxylic acids is 1. The van der Waals surface area contributed by atoms with Gasteiger partial charge in [-0.2, -0.15) is 0 Å². The summed E-state index contributed by atoms with van der Waals surface area (Å²) in [5.74, 6) is 0.104. The van der Waals surface area contributed by atoms with Crippen LogP contribution in [0.25, 0.3) is 10.9 Å². The molecule has 0 bridgehead atoms. The van der Waals surface area contributed by atoms with Crippen LogP contribution in [0.15, 0.2) is 36.5 Å². The van der Waals surface area contributed by atoms with Gasteiger partial charge >= 0.3 is 0 Å². The van der Waals surface area contributed by atoms with E-state index < -0.39 is 0 Å². The van der Waals surface area contributed by atoms with Crippen molar-refractivity contribution in [3.05, 3.63) is 42.1 Å². The maximum atomic E-state index is 12.7. The predicted octanol–water partition coefficient (Wildman–Crippen LogP) is 3.29. The molecule has 0 spiro atoms. The maximum Gasteiger partial charge on any atom is 0.253 e. The lowest BCUT2D eigenvalue weighted by molar-refractivity contribution is 0.0720. The minimum atomic E-state index is 0. The lowest BCUT2D eigenvalue weighted by Crippen LogP contribution is -2.37. The van der Waals surface area contributed by atoms with Gasteiger partial charge in [-0.1, -0.05) is 6.07 Å². The van der Waals surface area contributed by atoms with Crippen LogP contribution < -0.4 is 5.32 Å². The third-order valence-corrected chi connectivity index (χ3v) is 4.26. The highest BCUT2D eigenvalue weighted by atomic mass is 35.5. The Kier molecular flexibility index (Phi) is 7.76. The van der Waals surface area contributed by atoms with E-state index in [9.17, 15) is 4.79 Å². The minimum Gasteiger partial charge on any atom is -0.339 e. The Hall–Kier alpha value is -1.36. The van der Waals surface area contributed by atoms with Crippen molar-refractivity contribution in [2.75, 3.05) is 20.1 Å². The summed E-state index contributed by atoms with van der Waals surface area (Å²) in [6.07, 6.45) is 5.00. The molecule has 1 aliphatic rings. The summed E-state index contributed by atoms with van der Waals surface area (Å²) in [6.45, 7) is 2.05. The highest BCUT2D eigenvalue weighted by molar-refractivity contribution is 5.97. The fourth-order valence-electron chi connectivity index (χ4n) is 2.97. The van der Waals surface area contributed by atoms with Gasteiger partial charge in [-0.3, -0.25) is 9.78 Å². The summed E-state index contributed by atoms with van der Waals surface area (Å²) in [5.41, 5.74) is 1.67. The normalized spacial score (nSPS) is 17.5. The van der Waals surface area contributed by atoms with Gasteiger partial charge in [0, 0.05) is 30.2 Å². The predicted molar refractivity (Wildman–Crippen MR) is 98.8 cm³/mol. The number of pyridine rings is 1. The van der Waals surface area contributed by atoms with Crippen molar-refractivity contribution in [2.45, 2.75) is 25.3 Å². The number of hydrogen-bond acceptors (Lipinski definition) is 3. The van der Waals surface area contributed by atoms with Gasteiger partial charge in [-0.15, -0.1) is 24.8 Å². The molecule has 23 heavy (non-hydrogen) atoms. The molecule has 2 aromatic rings. The van der Waals surface area contributed by atoms with Gasteiger partial charge in [0.15, 0.2) is 0 Å². The second kappa shape index (κ2) is 9.06. The fraction of sp³-hybridized carbons (Fsp3) is 0.412. The molecule has 1 aromatic carbocycles. The molecule has 1 fully saturated rings. The van der Waals surface area contributed by atoms with Crippen LogP contribution in [0.1, 0.15) is 29.6 Å². The first-order chi connectivity index (χ1) is 10.3. The number of fused-ring (bicyclic) bond motifs is 1. The second-order valence-electron chi connectivity index (χ2n) is 5.66. The summed E-state index contributed by atoms with van der Waals surface area (Å²) in [6, 6.07) is 9.97. The van der Waals surface area contributed by atoms with Crippen LogP contribution in [-0.2, 0) is 0 Å². The minimum absolute atomic E-state index is 0. The molecule has 3 rings (SSSR count). The highest BCUT2D eigenvalue weighted by Gasteiger charge is 2.22. The summed E-state index contributed by atoms with van der Waals surface area (Å²) < 4.78 is 0. The molecule has 1 amide bonds. The molecule has 1 N–H and O–H groups in total. The number of aromatic nitrogens is 1. The van der Waals surface area contributed by atoms with E-state index in [2.05, 4.69) is 10.3 Å². The number of halogens is 2. The number of carbonyl (C=O) groups is 1. The molecule has 1 atom stereocenters. The Morgan fingerprint density at radius 1 is 1.22 bits per heavy atom. The van der Waals surface area contributed by atoms with Crippen molar-refractivity contribution in [3.8, 4) is 0 Å². The topological polar surface area (TPSA) is 45.2 Å². The van der Waals surface area contributed by atoms with Crippen LogP contribution in [-0.4, -0.2) is 42.0 Å². The molecule has 0 aliphatic carbocycles. The fourth-order valence-corrected chi connectivity index (χ4v) is 2.97. The Morgan fingerprint density at radius 3 is 2.87 bits per heavy atom. The van der Waals surface area contributed by atoms with E-state index in [4.69, 9.17) is 0 Å². The zero-order valence-corrected chi connectivity index (χ0v) is 14.8. The van der Waals surface area contributed by atoms with Gasteiger partial charge in [0.1, 0.15) is 0 Å². The number of amides is 1. The van der Waals surface area contributed by atoms with E-state index in [1.165, 1.54) is 0 Å². The molecule has 0 radical (unpaired) electrons. The third kappa shape index (κ3) is 4.56. The molecule has 1 aliphatic heterocycles. The number of hydrogen-bond donors (Lipinski definition) is 1. The molecule has 1 saturated heterocycles. The number of rotatable bonds is 2.